The second-order valence-electron chi connectivity index (χ2n) is 6.17. The highest BCUT2D eigenvalue weighted by molar-refractivity contribution is 6.30. The van der Waals surface area contributed by atoms with Gasteiger partial charge in [-0.15, -0.1) is 0 Å². The zero-order chi connectivity index (χ0) is 17.3. The third kappa shape index (κ3) is 2.22. The Morgan fingerprint density at radius 1 is 1.21 bits per heavy atom. The first kappa shape index (κ1) is 16.3. The van der Waals surface area contributed by atoms with Crippen LogP contribution in [0.15, 0.2) is 47.6 Å². The lowest BCUT2D eigenvalue weighted by Gasteiger charge is -2.45. The largest absolute Gasteiger partial charge is 0.321 e. The first-order valence-corrected chi connectivity index (χ1v) is 8.11. The highest BCUT2D eigenvalue weighted by Gasteiger charge is 2.55. The molecule has 1 aromatic rings. The van der Waals surface area contributed by atoms with Crippen LogP contribution in [-0.2, 0) is 0 Å². The summed E-state index contributed by atoms with van der Waals surface area (Å²) in [5.74, 6) is -0.513. The number of allylic oxidation sites excluding steroid dienone is 3. The van der Waals surface area contributed by atoms with Crippen LogP contribution >= 0.6 is 11.6 Å². The van der Waals surface area contributed by atoms with E-state index in [1.807, 2.05) is 24.3 Å². The summed E-state index contributed by atoms with van der Waals surface area (Å²) in [6.45, 7) is 0. The minimum atomic E-state index is -1.49. The molecule has 2 N–H and O–H groups in total. The fourth-order valence-corrected chi connectivity index (χ4v) is 4.15. The maximum Gasteiger partial charge on any atom is 0.170 e. The van der Waals surface area contributed by atoms with Gasteiger partial charge in [0.1, 0.15) is 0 Å². The maximum atomic E-state index is 9.88. The Balaban J connectivity index is 2.31. The van der Waals surface area contributed by atoms with E-state index in [9.17, 15) is 15.8 Å². The van der Waals surface area contributed by atoms with Crippen molar-refractivity contribution in [2.45, 2.75) is 24.8 Å². The van der Waals surface area contributed by atoms with Gasteiger partial charge in [-0.3, -0.25) is 0 Å². The second-order valence-corrected chi connectivity index (χ2v) is 6.61. The van der Waals surface area contributed by atoms with E-state index in [1.54, 1.807) is 12.1 Å². The number of halogens is 1. The lowest BCUT2D eigenvalue weighted by Crippen LogP contribution is -2.51. The van der Waals surface area contributed by atoms with E-state index in [0.29, 0.717) is 10.6 Å². The van der Waals surface area contributed by atoms with E-state index in [0.717, 1.165) is 24.0 Å². The van der Waals surface area contributed by atoms with Crippen LogP contribution in [0.2, 0.25) is 5.02 Å². The van der Waals surface area contributed by atoms with Crippen molar-refractivity contribution in [3.05, 3.63) is 58.1 Å². The first-order valence-electron chi connectivity index (χ1n) is 7.73. The molecule has 24 heavy (non-hydrogen) atoms. The van der Waals surface area contributed by atoms with Crippen molar-refractivity contribution in [1.82, 2.24) is 0 Å². The molecule has 0 aliphatic heterocycles. The number of nitrogens with two attached hydrogens (primary N) is 1. The number of hydrogen-bond donors (Lipinski definition) is 1. The third-order valence-corrected chi connectivity index (χ3v) is 5.28. The molecule has 2 aliphatic rings. The summed E-state index contributed by atoms with van der Waals surface area (Å²) in [5.41, 5.74) is 6.79. The predicted molar refractivity (Wildman–Crippen MR) is 90.3 cm³/mol. The zero-order valence-electron chi connectivity index (χ0n) is 12.9. The molecule has 1 aromatic carbocycles. The molecule has 0 saturated heterocycles. The number of hydrogen-bond acceptors (Lipinski definition) is 4. The van der Waals surface area contributed by atoms with Gasteiger partial charge in [0.2, 0.25) is 0 Å². The summed E-state index contributed by atoms with van der Waals surface area (Å²) in [7, 11) is 0. The van der Waals surface area contributed by atoms with Gasteiger partial charge < -0.3 is 5.73 Å². The summed E-state index contributed by atoms with van der Waals surface area (Å²) < 4.78 is 0. The van der Waals surface area contributed by atoms with Gasteiger partial charge in [-0.25, -0.2) is 0 Å². The standard InChI is InChI=1S/C19H15ClN4/c20-13-5-3-4-12(8-13)17-15-7-2-1-6-14(15)16(9-21)18(24)19(17,10-22)11-23/h1,3-6,8,15,17-18H,2,7,24H2/t15-,17-,18+/m0/s1. The lowest BCUT2D eigenvalue weighted by atomic mass is 9.55. The Morgan fingerprint density at radius 3 is 2.58 bits per heavy atom. The van der Waals surface area contributed by atoms with Crippen LogP contribution in [0.4, 0.5) is 0 Å². The smallest absolute Gasteiger partial charge is 0.170 e. The quantitative estimate of drug-likeness (QED) is 0.848. The fourth-order valence-electron chi connectivity index (χ4n) is 3.95. The van der Waals surface area contributed by atoms with E-state index in [1.165, 1.54) is 0 Å². The molecule has 0 fully saturated rings. The van der Waals surface area contributed by atoms with Crippen molar-refractivity contribution >= 4 is 11.6 Å². The van der Waals surface area contributed by atoms with Crippen LogP contribution in [0, 0.1) is 45.3 Å². The molecule has 0 aromatic heterocycles. The molecule has 5 heteroatoms. The average Bonchev–Trinajstić information content (AvgIpc) is 2.61. The normalized spacial score (nSPS) is 27.5. The number of nitrogens with zero attached hydrogens (tertiary/aromatic N) is 3. The van der Waals surface area contributed by atoms with Crippen molar-refractivity contribution in [3.8, 4) is 18.2 Å². The predicted octanol–water partition coefficient (Wildman–Crippen LogP) is 3.58. The van der Waals surface area contributed by atoms with Crippen LogP contribution in [0.25, 0.3) is 0 Å². The third-order valence-electron chi connectivity index (χ3n) is 5.04. The SMILES string of the molecule is N#CC1=C2C=CCC[C@@H]2[C@H](c2cccc(Cl)c2)C(C#N)(C#N)[C@@H]1N. The monoisotopic (exact) mass is 334 g/mol. The molecule has 0 bridgehead atoms. The highest BCUT2D eigenvalue weighted by atomic mass is 35.5. The molecule has 0 spiro atoms. The van der Waals surface area contributed by atoms with Crippen LogP contribution in [0.5, 0.6) is 0 Å². The van der Waals surface area contributed by atoms with Gasteiger partial charge in [0, 0.05) is 10.9 Å². The van der Waals surface area contributed by atoms with Crippen molar-refractivity contribution in [2.24, 2.45) is 17.1 Å². The summed E-state index contributed by atoms with van der Waals surface area (Å²) >= 11 is 6.14. The highest BCUT2D eigenvalue weighted by Crippen LogP contribution is 2.54. The minimum Gasteiger partial charge on any atom is -0.321 e. The molecule has 3 rings (SSSR count). The Kier molecular flexibility index (Phi) is 4.16. The Morgan fingerprint density at radius 2 is 1.96 bits per heavy atom. The minimum absolute atomic E-state index is 0.0952. The van der Waals surface area contributed by atoms with Crippen LogP contribution in [-0.4, -0.2) is 6.04 Å². The molecule has 0 unspecified atom stereocenters. The van der Waals surface area contributed by atoms with Gasteiger partial charge in [-0.05, 0) is 42.0 Å². The molecule has 0 saturated carbocycles. The summed E-state index contributed by atoms with van der Waals surface area (Å²) in [5, 5.41) is 29.9. The molecular weight excluding hydrogens is 320 g/mol. The summed E-state index contributed by atoms with van der Waals surface area (Å²) in [6, 6.07) is 12.7. The number of nitriles is 3. The van der Waals surface area contributed by atoms with Crippen molar-refractivity contribution in [2.75, 3.05) is 0 Å². The van der Waals surface area contributed by atoms with E-state index < -0.39 is 17.4 Å². The van der Waals surface area contributed by atoms with E-state index >= 15 is 0 Å². The molecule has 2 aliphatic carbocycles. The maximum absolute atomic E-state index is 9.88. The van der Waals surface area contributed by atoms with Crippen LogP contribution in [0.1, 0.15) is 24.3 Å². The molecule has 3 atom stereocenters. The first-order chi connectivity index (χ1) is 11.6. The average molecular weight is 335 g/mol. The molecule has 0 radical (unpaired) electrons. The van der Waals surface area contributed by atoms with E-state index in [4.69, 9.17) is 17.3 Å². The molecule has 118 valence electrons. The second kappa shape index (κ2) is 6.14. The van der Waals surface area contributed by atoms with Gasteiger partial charge in [0.15, 0.2) is 5.41 Å². The van der Waals surface area contributed by atoms with Crippen molar-refractivity contribution < 1.29 is 0 Å². The van der Waals surface area contributed by atoms with Crippen molar-refractivity contribution in [1.29, 1.82) is 15.8 Å². The molecule has 0 amide bonds. The number of fused-ring (bicyclic) bond motifs is 1. The Labute approximate surface area is 146 Å². The molecule has 4 nitrogen and oxygen atoms in total. The Hall–Kier alpha value is -2.58. The molecule has 0 heterocycles. The lowest BCUT2D eigenvalue weighted by molar-refractivity contribution is 0.261. The summed E-state index contributed by atoms with van der Waals surface area (Å²) in [6.07, 6.45) is 5.54. The zero-order valence-corrected chi connectivity index (χ0v) is 13.7. The number of rotatable bonds is 1. The fraction of sp³-hybridized carbons (Fsp3) is 0.316. The van der Waals surface area contributed by atoms with Crippen molar-refractivity contribution in [3.63, 3.8) is 0 Å². The van der Waals surface area contributed by atoms with Crippen LogP contribution < -0.4 is 5.73 Å². The number of benzene rings is 1. The summed E-state index contributed by atoms with van der Waals surface area (Å²) in [4.78, 5) is 0. The van der Waals surface area contributed by atoms with E-state index in [-0.39, 0.29) is 5.92 Å². The van der Waals surface area contributed by atoms with Gasteiger partial charge in [0.05, 0.1) is 29.8 Å². The van der Waals surface area contributed by atoms with Gasteiger partial charge in [0.25, 0.3) is 0 Å². The van der Waals surface area contributed by atoms with E-state index in [2.05, 4.69) is 18.2 Å². The molecular formula is C19H15ClN4. The van der Waals surface area contributed by atoms with Gasteiger partial charge >= 0.3 is 0 Å². The Bertz CT molecular complexity index is 849. The van der Waals surface area contributed by atoms with Gasteiger partial charge in [-0.2, -0.15) is 15.8 Å². The van der Waals surface area contributed by atoms with Crippen LogP contribution in [0.3, 0.4) is 0 Å². The topological polar surface area (TPSA) is 97.4 Å². The van der Waals surface area contributed by atoms with Gasteiger partial charge in [-0.1, -0.05) is 35.9 Å².